The monoisotopic (exact) mass is 531 g/mol. The van der Waals surface area contributed by atoms with Crippen LogP contribution in [0.15, 0.2) is 84.9 Å². The summed E-state index contributed by atoms with van der Waals surface area (Å²) in [6, 6.07) is 29.3. The van der Waals surface area contributed by atoms with Gasteiger partial charge in [-0.05, 0) is 65.0 Å². The van der Waals surface area contributed by atoms with Crippen molar-refractivity contribution in [1.29, 1.82) is 0 Å². The number of anilines is 3. The lowest BCUT2D eigenvalue weighted by Crippen LogP contribution is -2.47. The van der Waals surface area contributed by atoms with E-state index >= 15 is 0 Å². The molecular formula is C35H37N3O2. The third kappa shape index (κ3) is 3.71. The van der Waals surface area contributed by atoms with Crippen molar-refractivity contribution in [3.8, 4) is 11.5 Å². The average Bonchev–Trinajstić information content (AvgIpc) is 3.23. The molecule has 2 heterocycles. The van der Waals surface area contributed by atoms with E-state index in [1.807, 2.05) is 23.1 Å². The largest absolute Gasteiger partial charge is 0.456 e. The maximum absolute atomic E-state index is 14.4. The molecule has 0 unspecified atom stereocenters. The Hall–Kier alpha value is -4.25. The quantitative estimate of drug-likeness (QED) is 0.244. The van der Waals surface area contributed by atoms with Gasteiger partial charge in [0.25, 0.3) is 5.91 Å². The number of hydrogen-bond acceptors (Lipinski definition) is 4. The zero-order chi connectivity index (χ0) is 28.0. The van der Waals surface area contributed by atoms with E-state index in [0.717, 1.165) is 82.6 Å². The molecule has 1 spiro atoms. The van der Waals surface area contributed by atoms with Gasteiger partial charge in [-0.3, -0.25) is 9.69 Å². The molecule has 2 aliphatic rings. The van der Waals surface area contributed by atoms with Gasteiger partial charge in [0.05, 0.1) is 0 Å². The van der Waals surface area contributed by atoms with Crippen LogP contribution in [0, 0.1) is 6.92 Å². The van der Waals surface area contributed by atoms with E-state index in [-0.39, 0.29) is 5.91 Å². The fourth-order valence-corrected chi connectivity index (χ4v) is 6.54. The van der Waals surface area contributed by atoms with Crippen molar-refractivity contribution in [2.75, 3.05) is 40.9 Å². The fraction of sp³-hybridized carbons (Fsp3) is 0.286. The van der Waals surface area contributed by atoms with Crippen LogP contribution in [0.2, 0.25) is 0 Å². The van der Waals surface area contributed by atoms with Crippen LogP contribution < -0.4 is 19.4 Å². The van der Waals surface area contributed by atoms with Gasteiger partial charge >= 0.3 is 0 Å². The smallest absolute Gasteiger partial charge is 0.260 e. The second kappa shape index (κ2) is 10.1. The summed E-state index contributed by atoms with van der Waals surface area (Å²) in [5.41, 5.74) is 7.04. The van der Waals surface area contributed by atoms with Crippen LogP contribution in [0.4, 0.5) is 17.1 Å². The summed E-state index contributed by atoms with van der Waals surface area (Å²) >= 11 is 0. The highest BCUT2D eigenvalue weighted by Gasteiger charge is 2.57. The summed E-state index contributed by atoms with van der Waals surface area (Å²) < 4.78 is 6.79. The molecule has 4 aromatic rings. The Kier molecular flexibility index (Phi) is 6.53. The summed E-state index contributed by atoms with van der Waals surface area (Å²) in [7, 11) is 0. The van der Waals surface area contributed by atoms with Gasteiger partial charge in [0.1, 0.15) is 17.0 Å². The van der Waals surface area contributed by atoms with Gasteiger partial charge in [0.2, 0.25) is 0 Å². The zero-order valence-electron chi connectivity index (χ0n) is 24.1. The first-order chi connectivity index (χ1) is 19.5. The van der Waals surface area contributed by atoms with Crippen molar-refractivity contribution in [3.63, 3.8) is 0 Å². The number of aryl methyl sites for hydroxylation is 1. The molecule has 0 N–H and O–H groups in total. The standard InChI is InChI=1S/C35H37N3O2/c1-6-36(7-2)26-18-20-30-32(22-26)40-33-23-27(37(8-3)9-4)19-21-31(33)35(30)29-13-11-10-12-28(29)34(39)38(35)25-16-14-24(5)15-17-25/h10-23H,6-9H2,1-5H3. The molecule has 0 saturated carbocycles. The first-order valence-corrected chi connectivity index (χ1v) is 14.4. The number of carbonyl (C=O) groups excluding carboxylic acids is 1. The predicted molar refractivity (Wildman–Crippen MR) is 164 cm³/mol. The number of nitrogens with zero attached hydrogens (tertiary/aromatic N) is 3. The van der Waals surface area contributed by atoms with Crippen LogP contribution in [0.5, 0.6) is 11.5 Å². The third-order valence-corrected chi connectivity index (χ3v) is 8.56. The predicted octanol–water partition coefficient (Wildman–Crippen LogP) is 7.75. The molecule has 6 rings (SSSR count). The summed E-state index contributed by atoms with van der Waals surface area (Å²) in [4.78, 5) is 21.0. The van der Waals surface area contributed by atoms with Crippen LogP contribution >= 0.6 is 0 Å². The van der Waals surface area contributed by atoms with Crippen molar-refractivity contribution in [2.45, 2.75) is 40.2 Å². The summed E-state index contributed by atoms with van der Waals surface area (Å²) in [6.07, 6.45) is 0. The molecule has 0 radical (unpaired) electrons. The van der Waals surface area contributed by atoms with Gasteiger partial charge in [-0.1, -0.05) is 48.0 Å². The van der Waals surface area contributed by atoms with E-state index in [1.165, 1.54) is 0 Å². The Labute approximate surface area is 237 Å². The van der Waals surface area contributed by atoms with Crippen LogP contribution in [-0.2, 0) is 5.54 Å². The number of rotatable bonds is 7. The minimum atomic E-state index is -0.866. The number of ether oxygens (including phenoxy) is 1. The molecule has 0 aromatic heterocycles. The van der Waals surface area contributed by atoms with Crippen molar-refractivity contribution in [3.05, 3.63) is 113 Å². The highest BCUT2D eigenvalue weighted by molar-refractivity contribution is 6.14. The highest BCUT2D eigenvalue weighted by atomic mass is 16.5. The maximum atomic E-state index is 14.4. The van der Waals surface area contributed by atoms with E-state index in [2.05, 4.69) is 111 Å². The molecule has 4 aromatic carbocycles. The van der Waals surface area contributed by atoms with Crippen LogP contribution in [0.1, 0.15) is 60.3 Å². The fourth-order valence-electron chi connectivity index (χ4n) is 6.54. The molecule has 0 fully saturated rings. The summed E-state index contributed by atoms with van der Waals surface area (Å²) in [5.74, 6) is 1.57. The van der Waals surface area contributed by atoms with E-state index in [9.17, 15) is 4.79 Å². The van der Waals surface area contributed by atoms with E-state index < -0.39 is 5.54 Å². The maximum Gasteiger partial charge on any atom is 0.260 e. The Morgan fingerprint density at radius 3 is 1.73 bits per heavy atom. The van der Waals surface area contributed by atoms with Crippen molar-refractivity contribution in [1.82, 2.24) is 0 Å². The first kappa shape index (κ1) is 26.0. The van der Waals surface area contributed by atoms with Gasteiger partial charge < -0.3 is 14.5 Å². The van der Waals surface area contributed by atoms with Crippen LogP contribution in [-0.4, -0.2) is 32.1 Å². The molecule has 0 bridgehead atoms. The van der Waals surface area contributed by atoms with Gasteiger partial charge in [0, 0.05) is 77.6 Å². The lowest BCUT2D eigenvalue weighted by molar-refractivity contribution is 0.0985. The second-order valence-corrected chi connectivity index (χ2v) is 10.5. The second-order valence-electron chi connectivity index (χ2n) is 10.5. The summed E-state index contributed by atoms with van der Waals surface area (Å²) in [6.45, 7) is 14.4. The molecule has 2 aliphatic heterocycles. The van der Waals surface area contributed by atoms with Gasteiger partial charge in [-0.2, -0.15) is 0 Å². The number of fused-ring (bicyclic) bond motifs is 6. The third-order valence-electron chi connectivity index (χ3n) is 8.56. The Balaban J connectivity index is 1.70. The van der Waals surface area contributed by atoms with Crippen molar-refractivity contribution in [2.24, 2.45) is 0 Å². The van der Waals surface area contributed by atoms with E-state index in [4.69, 9.17) is 4.74 Å². The normalized spacial score (nSPS) is 14.4. The van der Waals surface area contributed by atoms with E-state index in [0.29, 0.717) is 0 Å². The number of amides is 1. The zero-order valence-corrected chi connectivity index (χ0v) is 24.1. The molecule has 5 nitrogen and oxygen atoms in total. The number of hydrogen-bond donors (Lipinski definition) is 0. The lowest BCUT2D eigenvalue weighted by Gasteiger charge is -2.44. The van der Waals surface area contributed by atoms with Crippen LogP contribution in [0.25, 0.3) is 0 Å². The molecule has 0 saturated heterocycles. The van der Waals surface area contributed by atoms with Crippen molar-refractivity contribution < 1.29 is 9.53 Å². The highest BCUT2D eigenvalue weighted by Crippen LogP contribution is 2.59. The molecule has 40 heavy (non-hydrogen) atoms. The molecule has 1 amide bonds. The van der Waals surface area contributed by atoms with Crippen molar-refractivity contribution >= 4 is 23.0 Å². The Bertz CT molecular complexity index is 1510. The topological polar surface area (TPSA) is 36.0 Å². The summed E-state index contributed by atoms with van der Waals surface area (Å²) in [5, 5.41) is 0. The molecule has 5 heteroatoms. The molecule has 204 valence electrons. The van der Waals surface area contributed by atoms with Gasteiger partial charge in [-0.25, -0.2) is 0 Å². The molecule has 0 aliphatic carbocycles. The Morgan fingerprint density at radius 2 is 1.20 bits per heavy atom. The lowest BCUT2D eigenvalue weighted by atomic mass is 9.74. The molecular weight excluding hydrogens is 494 g/mol. The average molecular weight is 532 g/mol. The number of carbonyl (C=O) groups is 1. The van der Waals surface area contributed by atoms with E-state index in [1.54, 1.807) is 0 Å². The Morgan fingerprint density at radius 1 is 0.675 bits per heavy atom. The van der Waals surface area contributed by atoms with Crippen LogP contribution in [0.3, 0.4) is 0 Å². The van der Waals surface area contributed by atoms with Gasteiger partial charge in [-0.15, -0.1) is 0 Å². The van der Waals surface area contributed by atoms with Gasteiger partial charge in [0.15, 0.2) is 0 Å². The molecule has 0 atom stereocenters. The minimum absolute atomic E-state index is 0.00103. The SMILES string of the molecule is CCN(CC)c1ccc2c(c1)Oc1cc(N(CC)CC)ccc1C21c2ccccc2C(=O)N1c1ccc(C)cc1. The minimum Gasteiger partial charge on any atom is -0.456 e. The number of benzene rings is 4. The first-order valence-electron chi connectivity index (χ1n) is 14.4.